The molecule has 0 bridgehead atoms. The molecular weight excluding hydrogens is 326 g/mol. The second kappa shape index (κ2) is 8.11. The van der Waals surface area contributed by atoms with E-state index in [-0.39, 0.29) is 11.2 Å². The summed E-state index contributed by atoms with van der Waals surface area (Å²) < 4.78 is 6.45. The molecule has 1 aromatic carbocycles. The summed E-state index contributed by atoms with van der Waals surface area (Å²) in [5.41, 5.74) is 0.743. The van der Waals surface area contributed by atoms with Crippen molar-refractivity contribution in [1.82, 2.24) is 25.5 Å². The van der Waals surface area contributed by atoms with E-state index in [0.717, 1.165) is 5.69 Å². The molecule has 0 saturated carbocycles. The summed E-state index contributed by atoms with van der Waals surface area (Å²) in [6.07, 6.45) is 0. The van der Waals surface area contributed by atoms with Gasteiger partial charge in [-0.1, -0.05) is 29.4 Å². The van der Waals surface area contributed by atoms with Crippen LogP contribution in [0.1, 0.15) is 6.92 Å². The number of amides is 1. The van der Waals surface area contributed by atoms with Crippen molar-refractivity contribution in [3.8, 4) is 5.69 Å². The van der Waals surface area contributed by atoms with Crippen molar-refractivity contribution in [2.75, 3.05) is 20.3 Å². The van der Waals surface area contributed by atoms with Gasteiger partial charge < -0.3 is 10.1 Å². The summed E-state index contributed by atoms with van der Waals surface area (Å²) in [4.78, 5) is 12.0. The Morgan fingerprint density at radius 1 is 1.55 bits per heavy atom. The second-order valence-electron chi connectivity index (χ2n) is 4.40. The van der Waals surface area contributed by atoms with Gasteiger partial charge in [0.25, 0.3) is 0 Å². The molecule has 0 spiro atoms. The number of halogens is 1. The summed E-state index contributed by atoms with van der Waals surface area (Å²) in [6.45, 7) is 2.74. The van der Waals surface area contributed by atoms with Crippen LogP contribution in [-0.4, -0.2) is 51.6 Å². The van der Waals surface area contributed by atoms with Crippen molar-refractivity contribution < 1.29 is 9.53 Å². The van der Waals surface area contributed by atoms with Crippen LogP contribution in [-0.2, 0) is 9.53 Å². The molecule has 0 radical (unpaired) electrons. The highest BCUT2D eigenvalue weighted by molar-refractivity contribution is 8.00. The third-order valence-electron chi connectivity index (χ3n) is 2.75. The first-order valence-electron chi connectivity index (χ1n) is 6.59. The number of hydrogen-bond donors (Lipinski definition) is 1. The lowest BCUT2D eigenvalue weighted by Gasteiger charge is -2.11. The highest BCUT2D eigenvalue weighted by Crippen LogP contribution is 2.23. The third kappa shape index (κ3) is 4.43. The van der Waals surface area contributed by atoms with Gasteiger partial charge >= 0.3 is 0 Å². The van der Waals surface area contributed by atoms with Gasteiger partial charge in [0.05, 0.1) is 17.5 Å². The number of thioether (sulfide) groups is 1. The Balaban J connectivity index is 2.05. The average molecular weight is 342 g/mol. The number of benzene rings is 1. The molecule has 7 nitrogen and oxygen atoms in total. The summed E-state index contributed by atoms with van der Waals surface area (Å²) in [7, 11) is 1.59. The van der Waals surface area contributed by atoms with Gasteiger partial charge in [0.1, 0.15) is 0 Å². The number of aromatic nitrogens is 4. The summed E-state index contributed by atoms with van der Waals surface area (Å²) in [6, 6.07) is 7.18. The maximum absolute atomic E-state index is 12.0. The first kappa shape index (κ1) is 16.7. The van der Waals surface area contributed by atoms with Gasteiger partial charge in [0.2, 0.25) is 11.1 Å². The van der Waals surface area contributed by atoms with Crippen LogP contribution in [0.4, 0.5) is 0 Å². The predicted molar refractivity (Wildman–Crippen MR) is 84.4 cm³/mol. The van der Waals surface area contributed by atoms with Crippen LogP contribution in [0.3, 0.4) is 0 Å². The number of carbonyl (C=O) groups is 1. The number of hydrogen-bond acceptors (Lipinski definition) is 6. The summed E-state index contributed by atoms with van der Waals surface area (Å²) in [5.74, 6) is -0.0947. The molecule has 1 atom stereocenters. The van der Waals surface area contributed by atoms with E-state index in [1.807, 2.05) is 12.1 Å². The van der Waals surface area contributed by atoms with E-state index < -0.39 is 0 Å². The van der Waals surface area contributed by atoms with E-state index in [4.69, 9.17) is 16.3 Å². The van der Waals surface area contributed by atoms with E-state index in [2.05, 4.69) is 20.8 Å². The highest BCUT2D eigenvalue weighted by atomic mass is 35.5. The second-order valence-corrected chi connectivity index (χ2v) is 6.14. The van der Waals surface area contributed by atoms with Gasteiger partial charge in [0.15, 0.2) is 0 Å². The Labute approximate surface area is 137 Å². The quantitative estimate of drug-likeness (QED) is 0.608. The first-order chi connectivity index (χ1) is 10.6. The predicted octanol–water partition coefficient (Wildman–Crippen LogP) is 1.56. The number of nitrogens with zero attached hydrogens (tertiary/aromatic N) is 4. The van der Waals surface area contributed by atoms with Gasteiger partial charge in [-0.3, -0.25) is 4.79 Å². The molecule has 1 aromatic heterocycles. The Morgan fingerprint density at radius 3 is 3.09 bits per heavy atom. The molecule has 0 saturated heterocycles. The smallest absolute Gasteiger partial charge is 0.233 e. The lowest BCUT2D eigenvalue weighted by Crippen LogP contribution is -2.33. The standard InChI is InChI=1S/C13H16ClN5O2S/c1-9(12(20)15-6-7-21-2)22-13-16-17-18-19(13)11-5-3-4-10(14)8-11/h3-5,8-9H,6-7H2,1-2H3,(H,15,20)/t9-/m0/s1. The maximum Gasteiger partial charge on any atom is 0.233 e. The third-order valence-corrected chi connectivity index (χ3v) is 4.02. The van der Waals surface area contributed by atoms with Gasteiger partial charge in [-0.15, -0.1) is 5.10 Å². The Morgan fingerprint density at radius 2 is 2.36 bits per heavy atom. The van der Waals surface area contributed by atoms with E-state index in [1.165, 1.54) is 11.8 Å². The molecule has 1 amide bonds. The Bertz CT molecular complexity index is 636. The molecule has 2 aromatic rings. The molecule has 0 aliphatic carbocycles. The number of nitrogens with one attached hydrogen (secondary N) is 1. The molecular formula is C13H16ClN5O2S. The number of rotatable bonds is 7. The van der Waals surface area contributed by atoms with Gasteiger partial charge in [0, 0.05) is 18.7 Å². The molecule has 0 aliphatic rings. The van der Waals surface area contributed by atoms with Crippen LogP contribution < -0.4 is 5.32 Å². The van der Waals surface area contributed by atoms with Crippen LogP contribution >= 0.6 is 23.4 Å². The SMILES string of the molecule is COCCNC(=O)[C@H](C)Sc1nnnn1-c1cccc(Cl)c1. The van der Waals surface area contributed by atoms with Crippen molar-refractivity contribution in [3.63, 3.8) is 0 Å². The van der Waals surface area contributed by atoms with E-state index in [9.17, 15) is 4.79 Å². The zero-order chi connectivity index (χ0) is 15.9. The summed E-state index contributed by atoms with van der Waals surface area (Å²) >= 11 is 7.25. The lowest BCUT2D eigenvalue weighted by atomic mass is 10.3. The highest BCUT2D eigenvalue weighted by Gasteiger charge is 2.18. The molecule has 118 valence electrons. The molecule has 0 unspecified atom stereocenters. The van der Waals surface area contributed by atoms with Crippen LogP contribution in [0.5, 0.6) is 0 Å². The van der Waals surface area contributed by atoms with Crippen LogP contribution in [0.15, 0.2) is 29.4 Å². The van der Waals surface area contributed by atoms with Crippen LogP contribution in [0.2, 0.25) is 5.02 Å². The minimum atomic E-state index is -0.333. The minimum absolute atomic E-state index is 0.0947. The van der Waals surface area contributed by atoms with E-state index in [0.29, 0.717) is 23.3 Å². The number of methoxy groups -OCH3 is 1. The zero-order valence-corrected chi connectivity index (χ0v) is 13.8. The molecule has 22 heavy (non-hydrogen) atoms. The fourth-order valence-electron chi connectivity index (χ4n) is 1.65. The van der Waals surface area contributed by atoms with Gasteiger partial charge in [-0.2, -0.15) is 4.68 Å². The Kier molecular flexibility index (Phi) is 6.17. The fraction of sp³-hybridized carbons (Fsp3) is 0.385. The van der Waals surface area contributed by atoms with Crippen LogP contribution in [0, 0.1) is 0 Å². The fourth-order valence-corrected chi connectivity index (χ4v) is 2.67. The monoisotopic (exact) mass is 341 g/mol. The average Bonchev–Trinajstić information content (AvgIpc) is 2.95. The van der Waals surface area contributed by atoms with Crippen molar-refractivity contribution in [2.24, 2.45) is 0 Å². The summed E-state index contributed by atoms with van der Waals surface area (Å²) in [5, 5.41) is 15.1. The topological polar surface area (TPSA) is 81.9 Å². The normalized spacial score (nSPS) is 12.1. The zero-order valence-electron chi connectivity index (χ0n) is 12.2. The first-order valence-corrected chi connectivity index (χ1v) is 7.85. The molecule has 9 heteroatoms. The van der Waals surface area contributed by atoms with E-state index in [1.54, 1.807) is 30.8 Å². The molecule has 0 fully saturated rings. The molecule has 2 rings (SSSR count). The number of ether oxygens (including phenoxy) is 1. The molecule has 1 N–H and O–H groups in total. The number of tetrazole rings is 1. The maximum atomic E-state index is 12.0. The van der Waals surface area contributed by atoms with Gasteiger partial charge in [-0.25, -0.2) is 0 Å². The van der Waals surface area contributed by atoms with Gasteiger partial charge in [-0.05, 0) is 35.5 Å². The van der Waals surface area contributed by atoms with Crippen molar-refractivity contribution in [1.29, 1.82) is 0 Å². The molecule has 0 aliphatic heterocycles. The molecule has 1 heterocycles. The minimum Gasteiger partial charge on any atom is -0.383 e. The van der Waals surface area contributed by atoms with Crippen molar-refractivity contribution in [3.05, 3.63) is 29.3 Å². The van der Waals surface area contributed by atoms with Crippen molar-refractivity contribution >= 4 is 29.3 Å². The van der Waals surface area contributed by atoms with Crippen molar-refractivity contribution in [2.45, 2.75) is 17.3 Å². The lowest BCUT2D eigenvalue weighted by molar-refractivity contribution is -0.120. The Hall–Kier alpha value is -1.64. The number of carbonyl (C=O) groups excluding carboxylic acids is 1. The van der Waals surface area contributed by atoms with Crippen LogP contribution in [0.25, 0.3) is 5.69 Å². The largest absolute Gasteiger partial charge is 0.383 e. The van der Waals surface area contributed by atoms with E-state index >= 15 is 0 Å².